The first-order valence-electron chi connectivity index (χ1n) is 4.56. The van der Waals surface area contributed by atoms with Crippen molar-refractivity contribution in [2.75, 3.05) is 11.9 Å². The predicted octanol–water partition coefficient (Wildman–Crippen LogP) is 1.84. The molecule has 0 heterocycles. The molecule has 0 aliphatic carbocycles. The molecule has 0 radical (unpaired) electrons. The average Bonchev–Trinajstić information content (AvgIpc) is 2.19. The quantitative estimate of drug-likeness (QED) is 0.739. The van der Waals surface area contributed by atoms with Crippen LogP contribution < -0.4 is 10.6 Å². The Kier molecular flexibility index (Phi) is 4.39. The summed E-state index contributed by atoms with van der Waals surface area (Å²) >= 11 is 5.69. The zero-order valence-corrected chi connectivity index (χ0v) is 9.08. The lowest BCUT2D eigenvalue weighted by Crippen LogP contribution is -2.34. The molecular formula is C10H13ClN2O2. The van der Waals surface area contributed by atoms with Crippen LogP contribution in [0.1, 0.15) is 6.92 Å². The molecule has 1 unspecified atom stereocenters. The molecule has 0 saturated heterocycles. The Labute approximate surface area is 93.2 Å². The minimum absolute atomic E-state index is 0.222. The fourth-order valence-electron chi connectivity index (χ4n) is 0.949. The maximum absolute atomic E-state index is 11.2. The number of aliphatic hydroxyl groups excluding tert-OH is 1. The van der Waals surface area contributed by atoms with Crippen LogP contribution in [-0.4, -0.2) is 23.8 Å². The van der Waals surface area contributed by atoms with Crippen molar-refractivity contribution in [3.05, 3.63) is 29.3 Å². The third kappa shape index (κ3) is 4.67. The van der Waals surface area contributed by atoms with E-state index in [0.29, 0.717) is 10.7 Å². The highest BCUT2D eigenvalue weighted by Gasteiger charge is 2.02. The van der Waals surface area contributed by atoms with Gasteiger partial charge in [0.1, 0.15) is 0 Å². The Morgan fingerprint density at radius 3 is 2.60 bits per heavy atom. The zero-order valence-electron chi connectivity index (χ0n) is 8.33. The van der Waals surface area contributed by atoms with Crippen molar-refractivity contribution >= 4 is 23.3 Å². The summed E-state index contributed by atoms with van der Waals surface area (Å²) in [7, 11) is 0. The Balaban J connectivity index is 2.41. The summed E-state index contributed by atoms with van der Waals surface area (Å²) in [5.41, 5.74) is 0.655. The largest absolute Gasteiger partial charge is 0.392 e. The molecule has 1 aromatic carbocycles. The minimum Gasteiger partial charge on any atom is -0.392 e. The highest BCUT2D eigenvalue weighted by Crippen LogP contribution is 2.12. The minimum atomic E-state index is -0.555. The summed E-state index contributed by atoms with van der Waals surface area (Å²) in [5, 5.41) is 14.7. The molecule has 0 aliphatic rings. The lowest BCUT2D eigenvalue weighted by atomic mass is 10.3. The van der Waals surface area contributed by atoms with Crippen molar-refractivity contribution in [1.29, 1.82) is 0 Å². The number of carbonyl (C=O) groups is 1. The van der Waals surface area contributed by atoms with E-state index in [1.54, 1.807) is 31.2 Å². The van der Waals surface area contributed by atoms with Crippen LogP contribution in [0.5, 0.6) is 0 Å². The lowest BCUT2D eigenvalue weighted by Gasteiger charge is -2.08. The van der Waals surface area contributed by atoms with Gasteiger partial charge in [0.15, 0.2) is 0 Å². The number of hydrogen-bond acceptors (Lipinski definition) is 2. The van der Waals surface area contributed by atoms with Crippen molar-refractivity contribution < 1.29 is 9.90 Å². The predicted molar refractivity (Wildman–Crippen MR) is 60.2 cm³/mol. The van der Waals surface area contributed by atoms with E-state index < -0.39 is 6.10 Å². The number of amides is 2. The van der Waals surface area contributed by atoms with E-state index in [1.807, 2.05) is 0 Å². The average molecular weight is 229 g/mol. The number of hydrogen-bond donors (Lipinski definition) is 3. The SMILES string of the molecule is CC(O)CNC(=O)Nc1ccc(Cl)cc1. The molecule has 82 valence electrons. The summed E-state index contributed by atoms with van der Waals surface area (Å²) in [6.45, 7) is 1.82. The van der Waals surface area contributed by atoms with Crippen LogP contribution in [0.4, 0.5) is 10.5 Å². The Morgan fingerprint density at radius 2 is 2.07 bits per heavy atom. The van der Waals surface area contributed by atoms with Gasteiger partial charge in [-0.15, -0.1) is 0 Å². The molecule has 4 nitrogen and oxygen atoms in total. The topological polar surface area (TPSA) is 61.4 Å². The lowest BCUT2D eigenvalue weighted by molar-refractivity contribution is 0.190. The van der Waals surface area contributed by atoms with Gasteiger partial charge in [0.05, 0.1) is 6.10 Å². The van der Waals surface area contributed by atoms with Crippen LogP contribution in [0.25, 0.3) is 0 Å². The molecule has 1 rings (SSSR count). The smallest absolute Gasteiger partial charge is 0.319 e. The molecule has 0 bridgehead atoms. The highest BCUT2D eigenvalue weighted by atomic mass is 35.5. The molecule has 15 heavy (non-hydrogen) atoms. The molecule has 0 spiro atoms. The number of urea groups is 1. The molecule has 5 heteroatoms. The molecule has 0 aliphatic heterocycles. The molecule has 0 fully saturated rings. The van der Waals surface area contributed by atoms with E-state index in [0.717, 1.165) is 0 Å². The van der Waals surface area contributed by atoms with Crippen LogP contribution in [0.3, 0.4) is 0 Å². The first-order valence-corrected chi connectivity index (χ1v) is 4.94. The van der Waals surface area contributed by atoms with E-state index in [9.17, 15) is 4.79 Å². The fraction of sp³-hybridized carbons (Fsp3) is 0.300. The van der Waals surface area contributed by atoms with Crippen molar-refractivity contribution in [2.24, 2.45) is 0 Å². The van der Waals surface area contributed by atoms with Crippen molar-refractivity contribution in [2.45, 2.75) is 13.0 Å². The Morgan fingerprint density at radius 1 is 1.47 bits per heavy atom. The number of carbonyl (C=O) groups excluding carboxylic acids is 1. The van der Waals surface area contributed by atoms with Gasteiger partial charge in [-0.1, -0.05) is 11.6 Å². The molecule has 1 aromatic rings. The molecule has 0 saturated carbocycles. The normalized spacial score (nSPS) is 11.9. The molecule has 2 amide bonds. The molecule has 3 N–H and O–H groups in total. The van der Waals surface area contributed by atoms with Gasteiger partial charge in [0.25, 0.3) is 0 Å². The maximum Gasteiger partial charge on any atom is 0.319 e. The second-order valence-corrected chi connectivity index (χ2v) is 3.63. The summed E-state index contributed by atoms with van der Waals surface area (Å²) in [6.07, 6.45) is -0.555. The van der Waals surface area contributed by atoms with E-state index in [-0.39, 0.29) is 12.6 Å². The first-order chi connectivity index (χ1) is 7.08. The fourth-order valence-corrected chi connectivity index (χ4v) is 1.07. The van der Waals surface area contributed by atoms with E-state index in [1.165, 1.54) is 0 Å². The van der Waals surface area contributed by atoms with E-state index in [2.05, 4.69) is 10.6 Å². The van der Waals surface area contributed by atoms with Crippen LogP contribution >= 0.6 is 11.6 Å². The third-order valence-corrected chi connectivity index (χ3v) is 1.91. The van der Waals surface area contributed by atoms with Gasteiger partial charge in [0.2, 0.25) is 0 Å². The number of anilines is 1. The Bertz CT molecular complexity index is 325. The summed E-state index contributed by atoms with van der Waals surface area (Å²) < 4.78 is 0. The van der Waals surface area contributed by atoms with Crippen LogP contribution in [0.2, 0.25) is 5.02 Å². The number of halogens is 1. The first kappa shape index (κ1) is 11.8. The highest BCUT2D eigenvalue weighted by molar-refractivity contribution is 6.30. The van der Waals surface area contributed by atoms with Gasteiger partial charge in [-0.2, -0.15) is 0 Å². The standard InChI is InChI=1S/C10H13ClN2O2/c1-7(14)6-12-10(15)13-9-4-2-8(11)3-5-9/h2-5,7,14H,6H2,1H3,(H2,12,13,15). The molecular weight excluding hydrogens is 216 g/mol. The number of nitrogens with one attached hydrogen (secondary N) is 2. The van der Waals surface area contributed by atoms with Crippen LogP contribution in [0, 0.1) is 0 Å². The second kappa shape index (κ2) is 5.58. The summed E-state index contributed by atoms with van der Waals surface area (Å²) in [6, 6.07) is 6.42. The van der Waals surface area contributed by atoms with Crippen molar-refractivity contribution in [3.63, 3.8) is 0 Å². The van der Waals surface area contributed by atoms with Gasteiger partial charge in [-0.05, 0) is 31.2 Å². The van der Waals surface area contributed by atoms with Crippen LogP contribution in [-0.2, 0) is 0 Å². The zero-order chi connectivity index (χ0) is 11.3. The molecule has 0 aromatic heterocycles. The maximum atomic E-state index is 11.2. The molecule has 1 atom stereocenters. The van der Waals surface area contributed by atoms with Gasteiger partial charge in [-0.3, -0.25) is 0 Å². The van der Waals surface area contributed by atoms with Crippen LogP contribution in [0.15, 0.2) is 24.3 Å². The third-order valence-electron chi connectivity index (χ3n) is 1.66. The number of aliphatic hydroxyl groups is 1. The second-order valence-electron chi connectivity index (χ2n) is 3.19. The van der Waals surface area contributed by atoms with Gasteiger partial charge in [-0.25, -0.2) is 4.79 Å². The Hall–Kier alpha value is -1.26. The number of rotatable bonds is 3. The van der Waals surface area contributed by atoms with E-state index in [4.69, 9.17) is 16.7 Å². The summed E-state index contributed by atoms with van der Waals surface area (Å²) in [4.78, 5) is 11.2. The monoisotopic (exact) mass is 228 g/mol. The van der Waals surface area contributed by atoms with Crippen molar-refractivity contribution in [3.8, 4) is 0 Å². The van der Waals surface area contributed by atoms with E-state index >= 15 is 0 Å². The summed E-state index contributed by atoms with van der Waals surface area (Å²) in [5.74, 6) is 0. The number of benzene rings is 1. The van der Waals surface area contributed by atoms with Gasteiger partial charge >= 0.3 is 6.03 Å². The van der Waals surface area contributed by atoms with Gasteiger partial charge < -0.3 is 15.7 Å². The van der Waals surface area contributed by atoms with Crippen molar-refractivity contribution in [1.82, 2.24) is 5.32 Å². The van der Waals surface area contributed by atoms with Gasteiger partial charge in [0, 0.05) is 17.3 Å².